The van der Waals surface area contributed by atoms with Gasteiger partial charge in [0, 0.05) is 23.0 Å². The molecule has 1 saturated heterocycles. The number of alkyl halides is 3. The van der Waals surface area contributed by atoms with Crippen molar-refractivity contribution in [3.63, 3.8) is 0 Å². The van der Waals surface area contributed by atoms with Crippen molar-refractivity contribution in [2.45, 2.75) is 51.5 Å². The van der Waals surface area contributed by atoms with Gasteiger partial charge in [0.05, 0.1) is 17.8 Å². The number of nitrogens with one attached hydrogen (secondary N) is 2. The molecule has 2 aliphatic rings. The first-order valence-corrected chi connectivity index (χ1v) is 14.1. The molecular formula is C25H33F3N6OS2. The summed E-state index contributed by atoms with van der Waals surface area (Å²) in [6, 6.07) is 7.46. The van der Waals surface area contributed by atoms with Crippen LogP contribution in [0.5, 0.6) is 0 Å². The van der Waals surface area contributed by atoms with Crippen molar-refractivity contribution in [3.05, 3.63) is 29.3 Å². The minimum atomic E-state index is -4.39. The number of fused-ring (bicyclic) bond motifs is 1. The maximum Gasteiger partial charge on any atom is 0.406 e. The molecule has 2 N–H and O–H groups in total. The number of nitrogens with zero attached hydrogens (tertiary/aromatic N) is 4. The molecule has 12 heteroatoms. The highest BCUT2D eigenvalue weighted by Gasteiger charge is 2.39. The minimum absolute atomic E-state index is 0.00921. The summed E-state index contributed by atoms with van der Waals surface area (Å²) in [5.74, 6) is 0.438. The number of hydrogen-bond donors (Lipinski definition) is 3. The summed E-state index contributed by atoms with van der Waals surface area (Å²) < 4.78 is 41.9. The molecule has 0 spiro atoms. The van der Waals surface area contributed by atoms with Crippen molar-refractivity contribution >= 4 is 46.5 Å². The number of aromatic nitrogens is 3. The van der Waals surface area contributed by atoms with Crippen LogP contribution in [0.15, 0.2) is 24.3 Å². The number of thiol groups is 1. The van der Waals surface area contributed by atoms with Crippen LogP contribution >= 0.6 is 24.0 Å². The van der Waals surface area contributed by atoms with Gasteiger partial charge in [0.15, 0.2) is 5.01 Å². The molecule has 1 aromatic carbocycles. The summed E-state index contributed by atoms with van der Waals surface area (Å²) in [4.78, 5) is 14.4. The molecule has 3 heterocycles. The van der Waals surface area contributed by atoms with Gasteiger partial charge in [-0.3, -0.25) is 4.79 Å². The molecule has 7 nitrogen and oxygen atoms in total. The van der Waals surface area contributed by atoms with Gasteiger partial charge >= 0.3 is 6.18 Å². The SMILES string of the molecule is CC1CC1C(=O)NCc1nnc(-c2cc3c(NC4CCN(C)CC4)cccc3n2CC(F)(F)F)s1.CS. The molecule has 202 valence electrons. The zero-order chi connectivity index (χ0) is 26.7. The van der Waals surface area contributed by atoms with Gasteiger partial charge in [0.2, 0.25) is 5.91 Å². The number of anilines is 1. The first-order chi connectivity index (χ1) is 17.7. The van der Waals surface area contributed by atoms with E-state index in [0.29, 0.717) is 27.1 Å². The van der Waals surface area contributed by atoms with Crippen molar-refractivity contribution in [2.75, 3.05) is 31.7 Å². The summed E-state index contributed by atoms with van der Waals surface area (Å²) >= 11 is 4.73. The van der Waals surface area contributed by atoms with E-state index in [0.717, 1.165) is 43.4 Å². The average Bonchev–Trinajstić information content (AvgIpc) is 3.25. The molecule has 2 aromatic heterocycles. The quantitative estimate of drug-likeness (QED) is 0.357. The van der Waals surface area contributed by atoms with Gasteiger partial charge in [0.1, 0.15) is 11.6 Å². The van der Waals surface area contributed by atoms with E-state index in [-0.39, 0.29) is 24.4 Å². The summed E-state index contributed by atoms with van der Waals surface area (Å²) in [5, 5.41) is 16.4. The molecule has 2 unspecified atom stereocenters. The highest BCUT2D eigenvalue weighted by Crippen LogP contribution is 2.38. The monoisotopic (exact) mass is 554 g/mol. The van der Waals surface area contributed by atoms with Crippen LogP contribution in [-0.4, -0.2) is 64.2 Å². The maximum absolute atomic E-state index is 13.6. The lowest BCUT2D eigenvalue weighted by molar-refractivity contribution is -0.139. The van der Waals surface area contributed by atoms with Gasteiger partial charge in [-0.1, -0.05) is 24.3 Å². The molecule has 0 radical (unpaired) electrons. The van der Waals surface area contributed by atoms with Crippen LogP contribution in [0.3, 0.4) is 0 Å². The molecule has 37 heavy (non-hydrogen) atoms. The summed E-state index contributed by atoms with van der Waals surface area (Å²) in [5.41, 5.74) is 1.71. The Morgan fingerprint density at radius 2 is 1.92 bits per heavy atom. The van der Waals surface area contributed by atoms with E-state index in [9.17, 15) is 18.0 Å². The van der Waals surface area contributed by atoms with Crippen molar-refractivity contribution in [3.8, 4) is 10.7 Å². The smallest absolute Gasteiger partial charge is 0.382 e. The van der Waals surface area contributed by atoms with Crippen molar-refractivity contribution in [1.29, 1.82) is 0 Å². The zero-order valence-electron chi connectivity index (χ0n) is 21.2. The van der Waals surface area contributed by atoms with Crippen LogP contribution < -0.4 is 10.6 Å². The second-order valence-electron chi connectivity index (χ2n) is 9.73. The van der Waals surface area contributed by atoms with Crippen LogP contribution in [-0.2, 0) is 17.9 Å². The number of piperidine rings is 1. The molecule has 2 atom stereocenters. The second kappa shape index (κ2) is 11.6. The lowest BCUT2D eigenvalue weighted by Gasteiger charge is -2.30. The Morgan fingerprint density at radius 1 is 1.22 bits per heavy atom. The van der Waals surface area contributed by atoms with Crippen LogP contribution in [0.2, 0.25) is 0 Å². The first kappa shape index (κ1) is 27.7. The number of likely N-dealkylation sites (tertiary alicyclic amines) is 1. The topological polar surface area (TPSA) is 75.1 Å². The predicted octanol–water partition coefficient (Wildman–Crippen LogP) is 5.05. The molecule has 0 bridgehead atoms. The molecule has 1 saturated carbocycles. The summed E-state index contributed by atoms with van der Waals surface area (Å²) in [6.45, 7) is 3.11. The standard InChI is InChI=1S/C24H29F3N6OS.CH4S/c1-14-10-16(14)22(34)28-12-21-30-31-23(35-21)20-11-17-18(29-15-6-8-32(2)9-7-15)4-3-5-19(17)33(20)13-24(25,26)27;1-2/h3-5,11,14-16,29H,6-10,12-13H2,1-2H3,(H,28,34);2H,1H3. The van der Waals surface area contributed by atoms with E-state index < -0.39 is 12.7 Å². The lowest BCUT2D eigenvalue weighted by atomic mass is 10.0. The number of hydrogen-bond acceptors (Lipinski definition) is 7. The summed E-state index contributed by atoms with van der Waals surface area (Å²) in [7, 11) is 2.09. The van der Waals surface area contributed by atoms with E-state index in [4.69, 9.17) is 0 Å². The molecule has 1 aliphatic heterocycles. The highest BCUT2D eigenvalue weighted by molar-refractivity contribution is 7.79. The Bertz CT molecular complexity index is 1220. The van der Waals surface area contributed by atoms with E-state index in [1.165, 1.54) is 15.9 Å². The average molecular weight is 555 g/mol. The molecule has 5 rings (SSSR count). The Balaban J connectivity index is 0.00000156. The number of carbonyl (C=O) groups is 1. The van der Waals surface area contributed by atoms with Crippen molar-refractivity contribution in [2.24, 2.45) is 11.8 Å². The van der Waals surface area contributed by atoms with Crippen LogP contribution in [0.1, 0.15) is 31.2 Å². The third kappa shape index (κ3) is 6.77. The van der Waals surface area contributed by atoms with Crippen LogP contribution in [0, 0.1) is 11.8 Å². The van der Waals surface area contributed by atoms with Crippen molar-refractivity contribution < 1.29 is 18.0 Å². The van der Waals surface area contributed by atoms with Gasteiger partial charge in [-0.05, 0) is 69.8 Å². The summed E-state index contributed by atoms with van der Waals surface area (Å²) in [6.07, 6.45) is 0.154. The normalized spacial score (nSPS) is 20.4. The number of benzene rings is 1. The second-order valence-corrected chi connectivity index (χ2v) is 10.8. The maximum atomic E-state index is 13.6. The lowest BCUT2D eigenvalue weighted by Crippen LogP contribution is -2.36. The number of amides is 1. The van der Waals surface area contributed by atoms with E-state index in [1.54, 1.807) is 24.5 Å². The fourth-order valence-corrected chi connectivity index (χ4v) is 5.52. The molecule has 1 aliphatic carbocycles. The Morgan fingerprint density at radius 3 is 2.57 bits per heavy atom. The fraction of sp³-hybridized carbons (Fsp3) is 0.560. The van der Waals surface area contributed by atoms with Gasteiger partial charge in [-0.15, -0.1) is 10.2 Å². The third-order valence-electron chi connectivity index (χ3n) is 6.91. The largest absolute Gasteiger partial charge is 0.406 e. The molecular weight excluding hydrogens is 521 g/mol. The Hall–Kier alpha value is -2.31. The molecule has 1 amide bonds. The van der Waals surface area contributed by atoms with Gasteiger partial charge in [-0.2, -0.15) is 25.8 Å². The number of carbonyl (C=O) groups excluding carboxylic acids is 1. The van der Waals surface area contributed by atoms with Crippen LogP contribution in [0.4, 0.5) is 18.9 Å². The minimum Gasteiger partial charge on any atom is -0.382 e. The third-order valence-corrected chi connectivity index (χ3v) is 7.85. The van der Waals surface area contributed by atoms with Crippen molar-refractivity contribution in [1.82, 2.24) is 25.0 Å². The van der Waals surface area contributed by atoms with E-state index in [1.807, 2.05) is 13.0 Å². The van der Waals surface area contributed by atoms with E-state index in [2.05, 4.69) is 45.4 Å². The molecule has 2 fully saturated rings. The Labute approximate surface area is 224 Å². The first-order valence-electron chi connectivity index (χ1n) is 12.4. The number of rotatable bonds is 7. The van der Waals surface area contributed by atoms with Crippen LogP contribution in [0.25, 0.3) is 21.6 Å². The Kier molecular flexibility index (Phi) is 8.70. The van der Waals surface area contributed by atoms with Gasteiger partial charge in [-0.25, -0.2) is 0 Å². The highest BCUT2D eigenvalue weighted by atomic mass is 32.1. The zero-order valence-corrected chi connectivity index (χ0v) is 22.9. The molecule has 3 aromatic rings. The van der Waals surface area contributed by atoms with Gasteiger partial charge < -0.3 is 20.1 Å². The van der Waals surface area contributed by atoms with E-state index >= 15 is 0 Å². The number of halogens is 3. The fourth-order valence-electron chi connectivity index (χ4n) is 4.72. The predicted molar refractivity (Wildman–Crippen MR) is 145 cm³/mol. The van der Waals surface area contributed by atoms with Gasteiger partial charge in [0.25, 0.3) is 0 Å².